The van der Waals surface area contributed by atoms with Crippen LogP contribution in [0.25, 0.3) is 0 Å². The van der Waals surface area contributed by atoms with Gasteiger partial charge in [-0.2, -0.15) is 0 Å². The molecule has 0 aromatic carbocycles. The number of ether oxygens (including phenoxy) is 1. The SMILES string of the molecule is NC(=O)/C=C/CN1CCOCC1. The minimum absolute atomic E-state index is 0.386. The minimum Gasteiger partial charge on any atom is -0.379 e. The Morgan fingerprint density at radius 1 is 1.50 bits per heavy atom. The zero-order chi connectivity index (χ0) is 8.81. The lowest BCUT2D eigenvalue weighted by Crippen LogP contribution is -2.36. The summed E-state index contributed by atoms with van der Waals surface area (Å²) in [5.41, 5.74) is 4.94. The third kappa shape index (κ3) is 3.50. The quantitative estimate of drug-likeness (QED) is 0.573. The van der Waals surface area contributed by atoms with Crippen molar-refractivity contribution in [1.29, 1.82) is 0 Å². The summed E-state index contributed by atoms with van der Waals surface area (Å²) in [4.78, 5) is 12.5. The topological polar surface area (TPSA) is 55.6 Å². The van der Waals surface area contributed by atoms with Crippen LogP contribution < -0.4 is 5.73 Å². The summed E-state index contributed by atoms with van der Waals surface area (Å²) in [6.45, 7) is 4.22. The first-order valence-corrected chi connectivity index (χ1v) is 4.05. The summed E-state index contributed by atoms with van der Waals surface area (Å²) in [7, 11) is 0. The molecule has 0 radical (unpaired) electrons. The second kappa shape index (κ2) is 4.90. The van der Waals surface area contributed by atoms with Crippen molar-refractivity contribution < 1.29 is 9.53 Å². The Bertz CT molecular complexity index is 174. The molecular formula is C8H14N2O2. The van der Waals surface area contributed by atoms with E-state index < -0.39 is 0 Å². The number of carbonyl (C=O) groups is 1. The third-order valence-electron chi connectivity index (χ3n) is 1.75. The van der Waals surface area contributed by atoms with Crippen LogP contribution in [-0.2, 0) is 9.53 Å². The number of rotatable bonds is 3. The van der Waals surface area contributed by atoms with Crippen molar-refractivity contribution in [3.63, 3.8) is 0 Å². The van der Waals surface area contributed by atoms with Crippen LogP contribution in [0.15, 0.2) is 12.2 Å². The minimum atomic E-state index is -0.386. The van der Waals surface area contributed by atoms with Crippen LogP contribution in [-0.4, -0.2) is 43.7 Å². The summed E-state index contributed by atoms with van der Waals surface area (Å²) >= 11 is 0. The maximum absolute atomic E-state index is 10.3. The van der Waals surface area contributed by atoms with Gasteiger partial charge >= 0.3 is 0 Å². The number of hydrogen-bond donors (Lipinski definition) is 1. The van der Waals surface area contributed by atoms with Crippen molar-refractivity contribution in [3.8, 4) is 0 Å². The van der Waals surface area contributed by atoms with E-state index in [0.717, 1.165) is 32.8 Å². The van der Waals surface area contributed by atoms with Gasteiger partial charge in [0.05, 0.1) is 13.2 Å². The lowest BCUT2D eigenvalue weighted by Gasteiger charge is -2.24. The summed E-state index contributed by atoms with van der Waals surface area (Å²) < 4.78 is 5.17. The van der Waals surface area contributed by atoms with Gasteiger partial charge in [-0.05, 0) is 6.08 Å². The van der Waals surface area contributed by atoms with Gasteiger partial charge < -0.3 is 10.5 Å². The summed E-state index contributed by atoms with van der Waals surface area (Å²) in [5.74, 6) is -0.386. The molecule has 1 aliphatic heterocycles. The van der Waals surface area contributed by atoms with Gasteiger partial charge in [0, 0.05) is 19.6 Å². The molecule has 1 aliphatic rings. The number of amides is 1. The van der Waals surface area contributed by atoms with Gasteiger partial charge in [0.1, 0.15) is 0 Å². The molecule has 0 atom stereocenters. The number of morpholine rings is 1. The monoisotopic (exact) mass is 170 g/mol. The Morgan fingerprint density at radius 3 is 2.75 bits per heavy atom. The van der Waals surface area contributed by atoms with Crippen molar-refractivity contribution in [1.82, 2.24) is 4.90 Å². The highest BCUT2D eigenvalue weighted by Gasteiger charge is 2.07. The maximum Gasteiger partial charge on any atom is 0.241 e. The molecular weight excluding hydrogens is 156 g/mol. The number of hydrogen-bond acceptors (Lipinski definition) is 3. The van der Waals surface area contributed by atoms with Crippen LogP contribution in [0.5, 0.6) is 0 Å². The van der Waals surface area contributed by atoms with Crippen LogP contribution in [0.1, 0.15) is 0 Å². The molecule has 4 heteroatoms. The third-order valence-corrected chi connectivity index (χ3v) is 1.75. The largest absolute Gasteiger partial charge is 0.379 e. The Labute approximate surface area is 72.0 Å². The molecule has 0 spiro atoms. The van der Waals surface area contributed by atoms with E-state index in [9.17, 15) is 4.79 Å². The fourth-order valence-corrected chi connectivity index (χ4v) is 1.10. The van der Waals surface area contributed by atoms with E-state index in [0.29, 0.717) is 0 Å². The summed E-state index contributed by atoms with van der Waals surface area (Å²) in [6, 6.07) is 0. The van der Waals surface area contributed by atoms with Gasteiger partial charge in [-0.25, -0.2) is 0 Å². The molecule has 68 valence electrons. The van der Waals surface area contributed by atoms with E-state index in [1.54, 1.807) is 6.08 Å². The summed E-state index contributed by atoms with van der Waals surface area (Å²) in [5, 5.41) is 0. The van der Waals surface area contributed by atoms with E-state index in [4.69, 9.17) is 10.5 Å². The smallest absolute Gasteiger partial charge is 0.241 e. The van der Waals surface area contributed by atoms with E-state index in [2.05, 4.69) is 4.90 Å². The van der Waals surface area contributed by atoms with Crippen LogP contribution in [0.2, 0.25) is 0 Å². The lowest BCUT2D eigenvalue weighted by atomic mass is 10.4. The Balaban J connectivity index is 2.17. The second-order valence-corrected chi connectivity index (χ2v) is 2.72. The van der Waals surface area contributed by atoms with E-state index in [1.807, 2.05) is 0 Å². The first-order valence-electron chi connectivity index (χ1n) is 4.05. The molecule has 1 fully saturated rings. The van der Waals surface area contributed by atoms with Gasteiger partial charge in [-0.1, -0.05) is 6.08 Å². The van der Waals surface area contributed by atoms with Gasteiger partial charge in [0.25, 0.3) is 0 Å². The fraction of sp³-hybridized carbons (Fsp3) is 0.625. The van der Waals surface area contributed by atoms with Crippen LogP contribution in [0.3, 0.4) is 0 Å². The number of primary amides is 1. The molecule has 0 bridgehead atoms. The van der Waals surface area contributed by atoms with Crippen molar-refractivity contribution in [2.75, 3.05) is 32.8 Å². The van der Waals surface area contributed by atoms with Crippen molar-refractivity contribution in [2.45, 2.75) is 0 Å². The highest BCUT2D eigenvalue weighted by Crippen LogP contribution is 1.95. The van der Waals surface area contributed by atoms with Gasteiger partial charge in [-0.15, -0.1) is 0 Å². The highest BCUT2D eigenvalue weighted by atomic mass is 16.5. The average Bonchev–Trinajstić information content (AvgIpc) is 2.05. The molecule has 0 aromatic heterocycles. The van der Waals surface area contributed by atoms with Crippen molar-refractivity contribution in [3.05, 3.63) is 12.2 Å². The van der Waals surface area contributed by atoms with Crippen LogP contribution in [0, 0.1) is 0 Å². The Morgan fingerprint density at radius 2 is 2.17 bits per heavy atom. The molecule has 1 rings (SSSR count). The second-order valence-electron chi connectivity index (χ2n) is 2.72. The molecule has 2 N–H and O–H groups in total. The molecule has 0 aliphatic carbocycles. The first-order chi connectivity index (χ1) is 5.79. The first kappa shape index (κ1) is 9.22. The Kier molecular flexibility index (Phi) is 3.76. The highest BCUT2D eigenvalue weighted by molar-refractivity contribution is 5.85. The van der Waals surface area contributed by atoms with Crippen LogP contribution in [0.4, 0.5) is 0 Å². The van der Waals surface area contributed by atoms with Gasteiger partial charge in [-0.3, -0.25) is 9.69 Å². The summed E-state index contributed by atoms with van der Waals surface area (Å²) in [6.07, 6.45) is 3.18. The molecule has 1 saturated heterocycles. The number of carbonyl (C=O) groups excluding carboxylic acids is 1. The molecule has 1 amide bonds. The van der Waals surface area contributed by atoms with E-state index >= 15 is 0 Å². The van der Waals surface area contributed by atoms with Crippen molar-refractivity contribution in [2.24, 2.45) is 5.73 Å². The van der Waals surface area contributed by atoms with Gasteiger partial charge in [0.2, 0.25) is 5.91 Å². The number of nitrogens with two attached hydrogens (primary N) is 1. The predicted molar refractivity (Wildman–Crippen MR) is 45.6 cm³/mol. The van der Waals surface area contributed by atoms with Gasteiger partial charge in [0.15, 0.2) is 0 Å². The molecule has 0 unspecified atom stereocenters. The lowest BCUT2D eigenvalue weighted by molar-refractivity contribution is -0.113. The number of nitrogens with zero attached hydrogens (tertiary/aromatic N) is 1. The van der Waals surface area contributed by atoms with E-state index in [-0.39, 0.29) is 5.91 Å². The predicted octanol–water partition coefficient (Wildman–Crippen LogP) is -0.640. The standard InChI is InChI=1S/C8H14N2O2/c9-8(11)2-1-3-10-4-6-12-7-5-10/h1-2H,3-7H2,(H2,9,11)/b2-1+. The fourth-order valence-electron chi connectivity index (χ4n) is 1.10. The van der Waals surface area contributed by atoms with Crippen LogP contribution >= 0.6 is 0 Å². The van der Waals surface area contributed by atoms with E-state index in [1.165, 1.54) is 6.08 Å². The molecule has 12 heavy (non-hydrogen) atoms. The zero-order valence-corrected chi connectivity index (χ0v) is 7.03. The van der Waals surface area contributed by atoms with Crippen molar-refractivity contribution >= 4 is 5.91 Å². The molecule has 0 saturated carbocycles. The maximum atomic E-state index is 10.3. The molecule has 0 aromatic rings. The molecule has 4 nitrogen and oxygen atoms in total. The average molecular weight is 170 g/mol. The normalized spacial score (nSPS) is 20.0. The molecule has 1 heterocycles. The Hall–Kier alpha value is -0.870. The zero-order valence-electron chi connectivity index (χ0n) is 7.03.